The Labute approximate surface area is 112 Å². The zero-order valence-corrected chi connectivity index (χ0v) is 11.3. The van der Waals surface area contributed by atoms with Crippen molar-refractivity contribution in [1.82, 2.24) is 9.97 Å². The molecule has 1 heterocycles. The Bertz CT molecular complexity index is 591. The summed E-state index contributed by atoms with van der Waals surface area (Å²) in [6.07, 6.45) is 0.946. The summed E-state index contributed by atoms with van der Waals surface area (Å²) in [5, 5.41) is 0. The topological polar surface area (TPSA) is 55.0 Å². The van der Waals surface area contributed by atoms with Gasteiger partial charge in [-0.15, -0.1) is 0 Å². The van der Waals surface area contributed by atoms with Crippen LogP contribution in [0, 0.1) is 6.92 Å². The number of H-pyrrole nitrogens is 1. The van der Waals surface area contributed by atoms with Gasteiger partial charge in [-0.2, -0.15) is 0 Å². The first kappa shape index (κ1) is 13.5. The van der Waals surface area contributed by atoms with Crippen LogP contribution in [0.4, 0.5) is 0 Å². The number of nitrogens with one attached hydrogen (secondary N) is 1. The van der Waals surface area contributed by atoms with Crippen molar-refractivity contribution >= 4 is 0 Å². The Balaban J connectivity index is 2.35. The largest absolute Gasteiger partial charge is 0.374 e. The van der Waals surface area contributed by atoms with Crippen LogP contribution < -0.4 is 5.56 Å². The molecule has 2 aromatic rings. The molecule has 0 fully saturated rings. The quantitative estimate of drug-likeness (QED) is 0.839. The van der Waals surface area contributed by atoms with Crippen LogP contribution in [0.15, 0.2) is 35.1 Å². The first-order valence-corrected chi connectivity index (χ1v) is 6.45. The van der Waals surface area contributed by atoms with Crippen LogP contribution in [0.1, 0.15) is 24.7 Å². The summed E-state index contributed by atoms with van der Waals surface area (Å²) in [7, 11) is 0. The number of nitrogens with zero attached hydrogens (tertiary/aromatic N) is 1. The van der Waals surface area contributed by atoms with Gasteiger partial charge in [0.25, 0.3) is 5.56 Å². The molecular formula is C15H18N2O2. The van der Waals surface area contributed by atoms with E-state index in [0.29, 0.717) is 24.6 Å². The molecule has 4 nitrogen and oxygen atoms in total. The molecule has 2 rings (SSSR count). The molecule has 0 radical (unpaired) electrons. The van der Waals surface area contributed by atoms with E-state index in [2.05, 4.69) is 9.97 Å². The lowest BCUT2D eigenvalue weighted by Crippen LogP contribution is -2.16. The fraction of sp³-hybridized carbons (Fsp3) is 0.333. The minimum Gasteiger partial charge on any atom is -0.374 e. The zero-order valence-electron chi connectivity index (χ0n) is 11.3. The number of ether oxygens (including phenoxy) is 1. The van der Waals surface area contributed by atoms with Crippen molar-refractivity contribution in [2.75, 3.05) is 6.61 Å². The van der Waals surface area contributed by atoms with E-state index in [0.717, 1.165) is 17.7 Å². The van der Waals surface area contributed by atoms with Gasteiger partial charge in [0.2, 0.25) is 0 Å². The molecule has 1 N–H and O–H groups in total. The summed E-state index contributed by atoms with van der Waals surface area (Å²) in [6, 6.07) is 9.71. The summed E-state index contributed by atoms with van der Waals surface area (Å²) in [4.78, 5) is 19.2. The Morgan fingerprint density at radius 2 is 2.00 bits per heavy atom. The summed E-state index contributed by atoms with van der Waals surface area (Å²) in [6.45, 7) is 4.83. The van der Waals surface area contributed by atoms with E-state index in [1.807, 2.05) is 37.3 Å². The first-order chi connectivity index (χ1) is 9.22. The Morgan fingerprint density at radius 3 is 2.68 bits per heavy atom. The molecule has 0 spiro atoms. The second-order valence-corrected chi connectivity index (χ2v) is 4.40. The molecule has 0 aliphatic rings. The van der Waals surface area contributed by atoms with Gasteiger partial charge in [-0.1, -0.05) is 37.3 Å². The molecule has 1 aromatic carbocycles. The van der Waals surface area contributed by atoms with Crippen LogP contribution in [0.3, 0.4) is 0 Å². The highest BCUT2D eigenvalue weighted by atomic mass is 16.5. The second-order valence-electron chi connectivity index (χ2n) is 4.40. The molecular weight excluding hydrogens is 240 g/mol. The molecule has 0 aliphatic heterocycles. The molecule has 0 saturated heterocycles. The van der Waals surface area contributed by atoms with Crippen LogP contribution in [0.2, 0.25) is 0 Å². The Kier molecular flexibility index (Phi) is 4.47. The van der Waals surface area contributed by atoms with Crippen LogP contribution in [0.25, 0.3) is 11.3 Å². The maximum Gasteiger partial charge on any atom is 0.254 e. The summed E-state index contributed by atoms with van der Waals surface area (Å²) in [5.41, 5.74) is 2.19. The average molecular weight is 258 g/mol. The number of hydrogen-bond acceptors (Lipinski definition) is 3. The van der Waals surface area contributed by atoms with Gasteiger partial charge in [0.1, 0.15) is 12.4 Å². The van der Waals surface area contributed by atoms with Gasteiger partial charge >= 0.3 is 0 Å². The van der Waals surface area contributed by atoms with Gasteiger partial charge in [-0.3, -0.25) is 4.79 Å². The first-order valence-electron chi connectivity index (χ1n) is 6.45. The normalized spacial score (nSPS) is 10.6. The minimum absolute atomic E-state index is 0.107. The second kappa shape index (κ2) is 6.29. The van der Waals surface area contributed by atoms with Crippen molar-refractivity contribution in [3.63, 3.8) is 0 Å². The predicted octanol–water partition coefficient (Wildman–Crippen LogP) is 2.67. The highest BCUT2D eigenvalue weighted by Gasteiger charge is 2.09. The van der Waals surface area contributed by atoms with Crippen molar-refractivity contribution in [3.8, 4) is 11.3 Å². The molecule has 19 heavy (non-hydrogen) atoms. The van der Waals surface area contributed by atoms with Crippen molar-refractivity contribution in [2.45, 2.75) is 26.9 Å². The maximum absolute atomic E-state index is 11.9. The molecule has 0 atom stereocenters. The van der Waals surface area contributed by atoms with E-state index in [1.54, 1.807) is 6.92 Å². The minimum atomic E-state index is -0.107. The number of benzene rings is 1. The molecule has 0 aliphatic carbocycles. The third-order valence-corrected chi connectivity index (χ3v) is 2.83. The number of rotatable bonds is 5. The maximum atomic E-state index is 11.9. The van der Waals surface area contributed by atoms with E-state index >= 15 is 0 Å². The standard InChI is InChI=1S/C15H18N2O2/c1-3-9-19-10-13-16-14(11(2)15(18)17-13)12-7-5-4-6-8-12/h4-8H,3,9-10H2,1-2H3,(H,16,17,18). The van der Waals surface area contributed by atoms with Crippen LogP contribution in [-0.4, -0.2) is 16.6 Å². The zero-order chi connectivity index (χ0) is 13.7. The van der Waals surface area contributed by atoms with Gasteiger partial charge in [-0.25, -0.2) is 4.98 Å². The van der Waals surface area contributed by atoms with Gasteiger partial charge in [0.15, 0.2) is 0 Å². The number of aromatic amines is 1. The highest BCUT2D eigenvalue weighted by Crippen LogP contribution is 2.18. The Hall–Kier alpha value is -1.94. The summed E-state index contributed by atoms with van der Waals surface area (Å²) < 4.78 is 5.42. The van der Waals surface area contributed by atoms with Crippen molar-refractivity contribution in [1.29, 1.82) is 0 Å². The molecule has 1 aromatic heterocycles. The Morgan fingerprint density at radius 1 is 1.26 bits per heavy atom. The number of aromatic nitrogens is 2. The summed E-state index contributed by atoms with van der Waals surface area (Å²) in [5.74, 6) is 0.572. The molecule has 0 bridgehead atoms. The van der Waals surface area contributed by atoms with E-state index in [4.69, 9.17) is 4.74 Å². The molecule has 4 heteroatoms. The third-order valence-electron chi connectivity index (χ3n) is 2.83. The highest BCUT2D eigenvalue weighted by molar-refractivity contribution is 5.62. The van der Waals surface area contributed by atoms with E-state index in [-0.39, 0.29) is 5.56 Å². The van der Waals surface area contributed by atoms with Crippen molar-refractivity contribution in [2.24, 2.45) is 0 Å². The summed E-state index contributed by atoms with van der Waals surface area (Å²) >= 11 is 0. The molecule has 0 saturated carbocycles. The van der Waals surface area contributed by atoms with Gasteiger partial charge in [0.05, 0.1) is 5.69 Å². The number of hydrogen-bond donors (Lipinski definition) is 1. The van der Waals surface area contributed by atoms with Crippen LogP contribution in [0.5, 0.6) is 0 Å². The van der Waals surface area contributed by atoms with Gasteiger partial charge in [0, 0.05) is 17.7 Å². The monoisotopic (exact) mass is 258 g/mol. The van der Waals surface area contributed by atoms with Crippen molar-refractivity contribution < 1.29 is 4.74 Å². The lowest BCUT2D eigenvalue weighted by molar-refractivity contribution is 0.116. The van der Waals surface area contributed by atoms with E-state index in [1.165, 1.54) is 0 Å². The predicted molar refractivity (Wildman–Crippen MR) is 75.0 cm³/mol. The SMILES string of the molecule is CCCOCc1nc(-c2ccccc2)c(C)c(=O)[nH]1. The lowest BCUT2D eigenvalue weighted by Gasteiger charge is -2.08. The average Bonchev–Trinajstić information content (AvgIpc) is 2.44. The van der Waals surface area contributed by atoms with E-state index in [9.17, 15) is 4.79 Å². The molecule has 0 unspecified atom stereocenters. The van der Waals surface area contributed by atoms with Crippen LogP contribution in [-0.2, 0) is 11.3 Å². The van der Waals surface area contributed by atoms with Crippen molar-refractivity contribution in [3.05, 3.63) is 52.1 Å². The van der Waals surface area contributed by atoms with Crippen LogP contribution >= 0.6 is 0 Å². The molecule has 0 amide bonds. The van der Waals surface area contributed by atoms with E-state index < -0.39 is 0 Å². The third kappa shape index (κ3) is 3.29. The van der Waals surface area contributed by atoms with Gasteiger partial charge in [-0.05, 0) is 13.3 Å². The smallest absolute Gasteiger partial charge is 0.254 e. The fourth-order valence-corrected chi connectivity index (χ4v) is 1.84. The lowest BCUT2D eigenvalue weighted by atomic mass is 10.1. The molecule has 100 valence electrons. The fourth-order valence-electron chi connectivity index (χ4n) is 1.84. The van der Waals surface area contributed by atoms with Gasteiger partial charge < -0.3 is 9.72 Å².